The van der Waals surface area contributed by atoms with Gasteiger partial charge < -0.3 is 5.43 Å². The van der Waals surface area contributed by atoms with Gasteiger partial charge in [-0.15, -0.1) is 0 Å². The lowest BCUT2D eigenvalue weighted by atomic mass is 9.84. The molecule has 0 unspecified atom stereocenters. The Hall–Kier alpha value is -3.47. The minimum atomic E-state index is -0.177. The van der Waals surface area contributed by atoms with Gasteiger partial charge in [0.15, 0.2) is 0 Å². The Balaban J connectivity index is 1.48. The van der Waals surface area contributed by atoms with Crippen molar-refractivity contribution in [3.05, 3.63) is 83.7 Å². The van der Waals surface area contributed by atoms with Crippen LogP contribution in [0.25, 0.3) is 22.3 Å². The second kappa shape index (κ2) is 6.36. The fourth-order valence-electron chi connectivity index (χ4n) is 3.73. The molecular formula is C22H18N4O. The molecule has 0 saturated heterocycles. The average molecular weight is 354 g/mol. The summed E-state index contributed by atoms with van der Waals surface area (Å²) in [5, 5.41) is 0.821. The maximum Gasteiger partial charge on any atom is 0.270 e. The van der Waals surface area contributed by atoms with E-state index < -0.39 is 0 Å². The van der Waals surface area contributed by atoms with Crippen LogP contribution in [-0.2, 0) is 0 Å². The molecule has 2 N–H and O–H groups in total. The number of allylic oxidation sites excluding steroid dienone is 4. The number of aromatic nitrogens is 2. The number of amides is 1. The van der Waals surface area contributed by atoms with Gasteiger partial charge in [-0.2, -0.15) is 0 Å². The molecule has 2 aromatic heterocycles. The molecule has 5 rings (SSSR count). The van der Waals surface area contributed by atoms with Gasteiger partial charge in [-0.25, -0.2) is 4.98 Å². The molecule has 3 aromatic rings. The van der Waals surface area contributed by atoms with E-state index in [-0.39, 0.29) is 5.91 Å². The molecule has 132 valence electrons. The number of nitrogens with one attached hydrogen (secondary N) is 2. The number of fused-ring (bicyclic) bond motifs is 2. The van der Waals surface area contributed by atoms with Crippen molar-refractivity contribution >= 4 is 16.8 Å². The lowest BCUT2D eigenvalue weighted by molar-refractivity contribution is 0.0938. The summed E-state index contributed by atoms with van der Waals surface area (Å²) in [5.41, 5.74) is 11.2. The first-order valence-corrected chi connectivity index (χ1v) is 9.07. The quantitative estimate of drug-likeness (QED) is 0.700. The number of hydrazine groups is 1. The molecule has 0 saturated carbocycles. The molecule has 5 nitrogen and oxygen atoms in total. The highest BCUT2D eigenvalue weighted by atomic mass is 16.2. The van der Waals surface area contributed by atoms with Crippen molar-refractivity contribution in [2.24, 2.45) is 5.92 Å². The first-order chi connectivity index (χ1) is 13.3. The van der Waals surface area contributed by atoms with Gasteiger partial charge in [-0.05, 0) is 48.6 Å². The highest BCUT2D eigenvalue weighted by molar-refractivity contribution is 6.07. The van der Waals surface area contributed by atoms with Crippen molar-refractivity contribution in [1.82, 2.24) is 20.8 Å². The number of para-hydroxylation sites is 1. The van der Waals surface area contributed by atoms with Crippen LogP contribution < -0.4 is 10.9 Å². The molecule has 5 heteroatoms. The Labute approximate surface area is 156 Å². The topological polar surface area (TPSA) is 66.9 Å². The van der Waals surface area contributed by atoms with E-state index in [2.05, 4.69) is 33.0 Å². The van der Waals surface area contributed by atoms with Gasteiger partial charge in [0.25, 0.3) is 5.91 Å². The molecule has 1 aromatic carbocycles. The maximum absolute atomic E-state index is 12.9. The van der Waals surface area contributed by atoms with Crippen LogP contribution in [0.5, 0.6) is 0 Å². The summed E-state index contributed by atoms with van der Waals surface area (Å²) in [6.07, 6.45) is 8.15. The number of benzene rings is 1. The molecule has 0 spiro atoms. The van der Waals surface area contributed by atoms with E-state index in [0.717, 1.165) is 35.1 Å². The van der Waals surface area contributed by atoms with E-state index in [1.165, 1.54) is 5.57 Å². The number of hydrogen-bond donors (Lipinski definition) is 2. The van der Waals surface area contributed by atoms with E-state index >= 15 is 0 Å². The monoisotopic (exact) mass is 354 g/mol. The van der Waals surface area contributed by atoms with E-state index in [4.69, 9.17) is 0 Å². The van der Waals surface area contributed by atoms with Crippen molar-refractivity contribution < 1.29 is 4.79 Å². The maximum atomic E-state index is 12.9. The van der Waals surface area contributed by atoms with Crippen LogP contribution in [0.3, 0.4) is 0 Å². The first kappa shape index (κ1) is 15.8. The van der Waals surface area contributed by atoms with Crippen LogP contribution in [0, 0.1) is 5.92 Å². The third kappa shape index (κ3) is 2.77. The zero-order valence-electron chi connectivity index (χ0n) is 14.6. The number of carbonyl (C=O) groups excluding carboxylic acids is 1. The normalized spacial score (nSPS) is 17.6. The van der Waals surface area contributed by atoms with Gasteiger partial charge in [0.05, 0.1) is 22.5 Å². The average Bonchev–Trinajstić information content (AvgIpc) is 3.08. The fourth-order valence-corrected chi connectivity index (χ4v) is 3.73. The van der Waals surface area contributed by atoms with Crippen molar-refractivity contribution in [1.29, 1.82) is 0 Å². The SMILES string of the molecule is O=C(NNC1=C2C=CC[C@@H]2C1)c1cc(-c2ccccn2)nc2ccccc12. The van der Waals surface area contributed by atoms with Crippen molar-refractivity contribution in [2.75, 3.05) is 0 Å². The van der Waals surface area contributed by atoms with E-state index in [9.17, 15) is 4.79 Å². The van der Waals surface area contributed by atoms with Crippen LogP contribution in [0.1, 0.15) is 23.2 Å². The predicted octanol–water partition coefficient (Wildman–Crippen LogP) is 3.77. The second-order valence-corrected chi connectivity index (χ2v) is 6.84. The Morgan fingerprint density at radius 3 is 2.81 bits per heavy atom. The zero-order valence-corrected chi connectivity index (χ0v) is 14.6. The van der Waals surface area contributed by atoms with E-state index in [1.807, 2.05) is 42.5 Å². The second-order valence-electron chi connectivity index (χ2n) is 6.84. The molecule has 0 bridgehead atoms. The number of nitrogens with zero attached hydrogens (tertiary/aromatic N) is 2. The van der Waals surface area contributed by atoms with Crippen LogP contribution in [-0.4, -0.2) is 15.9 Å². The summed E-state index contributed by atoms with van der Waals surface area (Å²) in [6, 6.07) is 15.1. The van der Waals surface area contributed by atoms with Gasteiger partial charge >= 0.3 is 0 Å². The lowest BCUT2D eigenvalue weighted by Crippen LogP contribution is -2.40. The summed E-state index contributed by atoms with van der Waals surface area (Å²) in [7, 11) is 0. The highest BCUT2D eigenvalue weighted by Gasteiger charge is 2.30. The van der Waals surface area contributed by atoms with Gasteiger partial charge in [0.1, 0.15) is 0 Å². The van der Waals surface area contributed by atoms with E-state index in [1.54, 1.807) is 12.3 Å². The van der Waals surface area contributed by atoms with Crippen LogP contribution in [0.4, 0.5) is 0 Å². The van der Waals surface area contributed by atoms with Gasteiger partial charge in [0.2, 0.25) is 0 Å². The van der Waals surface area contributed by atoms with Gasteiger partial charge in [-0.3, -0.25) is 15.2 Å². The summed E-state index contributed by atoms with van der Waals surface area (Å²) in [6.45, 7) is 0. The number of carbonyl (C=O) groups is 1. The van der Waals surface area contributed by atoms with Crippen molar-refractivity contribution in [3.8, 4) is 11.4 Å². The van der Waals surface area contributed by atoms with Crippen molar-refractivity contribution in [2.45, 2.75) is 12.8 Å². The Bertz CT molecular complexity index is 1100. The Kier molecular flexibility index (Phi) is 3.71. The van der Waals surface area contributed by atoms with E-state index in [0.29, 0.717) is 17.2 Å². The largest absolute Gasteiger partial charge is 0.302 e. The first-order valence-electron chi connectivity index (χ1n) is 9.07. The van der Waals surface area contributed by atoms with Crippen LogP contribution >= 0.6 is 0 Å². The molecule has 0 radical (unpaired) electrons. The Morgan fingerprint density at radius 2 is 1.96 bits per heavy atom. The minimum absolute atomic E-state index is 0.177. The summed E-state index contributed by atoms with van der Waals surface area (Å²) < 4.78 is 0. The highest BCUT2D eigenvalue weighted by Crippen LogP contribution is 2.40. The smallest absolute Gasteiger partial charge is 0.270 e. The number of rotatable bonds is 4. The predicted molar refractivity (Wildman–Crippen MR) is 104 cm³/mol. The van der Waals surface area contributed by atoms with Gasteiger partial charge in [-0.1, -0.05) is 36.4 Å². The molecule has 0 aliphatic heterocycles. The third-order valence-electron chi connectivity index (χ3n) is 5.17. The molecule has 2 aliphatic carbocycles. The molecule has 2 aliphatic rings. The van der Waals surface area contributed by atoms with Crippen LogP contribution in [0.15, 0.2) is 78.1 Å². The number of hydrogen-bond acceptors (Lipinski definition) is 4. The standard InChI is InChI=1S/C22H18N4O/c27-22(26-25-20-12-14-6-5-8-15(14)20)17-13-21(19-10-3-4-11-23-19)24-18-9-2-1-7-16(17)18/h1-5,7-11,13-14,25H,6,12H2,(H,26,27)/t14-/m1/s1. The molecule has 1 amide bonds. The zero-order chi connectivity index (χ0) is 18.2. The molecule has 2 heterocycles. The molecule has 1 atom stereocenters. The van der Waals surface area contributed by atoms with Gasteiger partial charge in [0, 0.05) is 17.3 Å². The fraction of sp³-hybridized carbons (Fsp3) is 0.136. The minimum Gasteiger partial charge on any atom is -0.302 e. The molecule has 27 heavy (non-hydrogen) atoms. The van der Waals surface area contributed by atoms with Crippen molar-refractivity contribution in [3.63, 3.8) is 0 Å². The van der Waals surface area contributed by atoms with Crippen LogP contribution in [0.2, 0.25) is 0 Å². The summed E-state index contributed by atoms with van der Waals surface area (Å²) >= 11 is 0. The summed E-state index contributed by atoms with van der Waals surface area (Å²) in [4.78, 5) is 22.0. The lowest BCUT2D eigenvalue weighted by Gasteiger charge is -2.28. The molecular weight excluding hydrogens is 336 g/mol. The third-order valence-corrected chi connectivity index (χ3v) is 5.17. The number of pyridine rings is 2. The Morgan fingerprint density at radius 1 is 1.07 bits per heavy atom. The summed E-state index contributed by atoms with van der Waals surface area (Å²) in [5.74, 6) is 0.450. The molecule has 0 fully saturated rings.